The second kappa shape index (κ2) is 4.64. The highest BCUT2D eigenvalue weighted by atomic mass is 16.4. The molecule has 0 heterocycles. The average Bonchev–Trinajstić information content (AvgIpc) is 1.86. The van der Waals surface area contributed by atoms with Gasteiger partial charge in [-0.1, -0.05) is 0 Å². The average molecular weight is 163 g/mol. The van der Waals surface area contributed by atoms with E-state index in [0.29, 0.717) is 0 Å². The van der Waals surface area contributed by atoms with Gasteiger partial charge < -0.3 is 15.3 Å². The van der Waals surface area contributed by atoms with E-state index in [1.165, 1.54) is 0 Å². The van der Waals surface area contributed by atoms with Gasteiger partial charge in [0, 0.05) is 6.54 Å². The molecule has 0 aliphatic rings. The number of hydrogen-bond donors (Lipinski definition) is 4. The fourth-order valence-corrected chi connectivity index (χ4v) is 0.403. The monoisotopic (exact) mass is 163 g/mol. The zero-order valence-corrected chi connectivity index (χ0v) is 5.65. The van der Waals surface area contributed by atoms with Gasteiger partial charge in [-0.25, -0.2) is 4.79 Å². The molecule has 0 amide bonds. The third-order valence-electron chi connectivity index (χ3n) is 0.910. The van der Waals surface area contributed by atoms with Crippen LogP contribution in [0, 0.1) is 0 Å². The maximum absolute atomic E-state index is 9.92. The van der Waals surface area contributed by atoms with Crippen molar-refractivity contribution in [3.05, 3.63) is 0 Å². The summed E-state index contributed by atoms with van der Waals surface area (Å²) in [5.74, 6) is -2.47. The molecule has 0 rings (SSSR count). The summed E-state index contributed by atoms with van der Waals surface area (Å²) in [5, 5.41) is 26.8. The minimum atomic E-state index is -1.69. The molecular formula is C5H9NO5. The Kier molecular flexibility index (Phi) is 4.16. The molecule has 64 valence electrons. The molecule has 0 aliphatic carbocycles. The molecular weight excluding hydrogens is 154 g/mol. The summed E-state index contributed by atoms with van der Waals surface area (Å²) in [6.07, 6.45) is -1.90. The number of hydrogen-bond acceptors (Lipinski definition) is 4. The van der Waals surface area contributed by atoms with Gasteiger partial charge in [0.15, 0.2) is 0 Å². The summed E-state index contributed by atoms with van der Waals surface area (Å²) in [5.41, 5.74) is 0. The number of carboxylic acid groups (broad SMARTS) is 2. The van der Waals surface area contributed by atoms with E-state index in [1.807, 2.05) is 0 Å². The molecule has 0 bridgehead atoms. The molecule has 0 fully saturated rings. The van der Waals surface area contributed by atoms with Gasteiger partial charge in [0.1, 0.15) is 0 Å². The Balaban J connectivity index is 3.39. The smallest absolute Gasteiger partial charge is 0.347 e. The lowest BCUT2D eigenvalue weighted by Gasteiger charge is -2.05. The fraction of sp³-hybridized carbons (Fsp3) is 0.600. The summed E-state index contributed by atoms with van der Waals surface area (Å²) in [7, 11) is 0. The third-order valence-corrected chi connectivity index (χ3v) is 0.910. The van der Waals surface area contributed by atoms with Gasteiger partial charge in [0.2, 0.25) is 6.23 Å². The van der Waals surface area contributed by atoms with Crippen molar-refractivity contribution in [2.75, 3.05) is 6.54 Å². The Morgan fingerprint density at radius 2 is 1.91 bits per heavy atom. The number of carbonyl (C=O) groups is 2. The van der Waals surface area contributed by atoms with E-state index >= 15 is 0 Å². The summed E-state index contributed by atoms with van der Waals surface area (Å²) >= 11 is 0. The summed E-state index contributed by atoms with van der Waals surface area (Å²) < 4.78 is 0. The topological polar surface area (TPSA) is 107 Å². The Morgan fingerprint density at radius 3 is 2.27 bits per heavy atom. The van der Waals surface area contributed by atoms with Gasteiger partial charge in [-0.2, -0.15) is 0 Å². The zero-order chi connectivity index (χ0) is 8.85. The molecule has 6 heteroatoms. The predicted octanol–water partition coefficient (Wildman–Crippen LogP) is -1.55. The zero-order valence-electron chi connectivity index (χ0n) is 5.65. The van der Waals surface area contributed by atoms with Crippen molar-refractivity contribution in [2.24, 2.45) is 0 Å². The number of aliphatic carboxylic acids is 2. The van der Waals surface area contributed by atoms with E-state index in [9.17, 15) is 9.59 Å². The van der Waals surface area contributed by atoms with E-state index in [0.717, 1.165) is 0 Å². The molecule has 0 aromatic rings. The van der Waals surface area contributed by atoms with Gasteiger partial charge in [0.25, 0.3) is 0 Å². The van der Waals surface area contributed by atoms with Crippen LogP contribution < -0.4 is 5.32 Å². The maximum atomic E-state index is 9.92. The Hall–Kier alpha value is -1.14. The molecule has 0 saturated heterocycles. The SMILES string of the molecule is O=C(O)CCNC(O)C(=O)O. The van der Waals surface area contributed by atoms with Gasteiger partial charge >= 0.3 is 11.9 Å². The summed E-state index contributed by atoms with van der Waals surface area (Å²) in [6, 6.07) is 0. The van der Waals surface area contributed by atoms with Crippen LogP contribution in [0.2, 0.25) is 0 Å². The molecule has 0 aromatic heterocycles. The van der Waals surface area contributed by atoms with Crippen molar-refractivity contribution < 1.29 is 24.9 Å². The van der Waals surface area contributed by atoms with Crippen molar-refractivity contribution in [1.29, 1.82) is 0 Å². The summed E-state index contributed by atoms with van der Waals surface area (Å²) in [6.45, 7) is -0.0667. The molecule has 1 unspecified atom stereocenters. The normalized spacial score (nSPS) is 12.5. The molecule has 0 saturated carbocycles. The molecule has 0 aromatic carbocycles. The Morgan fingerprint density at radius 1 is 1.36 bits per heavy atom. The summed E-state index contributed by atoms with van der Waals surface area (Å²) in [4.78, 5) is 19.8. The Labute approximate surface area is 62.5 Å². The third kappa shape index (κ3) is 5.31. The number of carboxylic acids is 2. The number of aliphatic hydroxyl groups excluding tert-OH is 1. The van der Waals surface area contributed by atoms with Crippen LogP contribution in [0.4, 0.5) is 0 Å². The minimum absolute atomic E-state index is 0.0667. The molecule has 0 radical (unpaired) electrons. The maximum Gasteiger partial charge on any atom is 0.347 e. The Bertz CT molecular complexity index is 157. The first-order chi connectivity index (χ1) is 5.04. The highest BCUT2D eigenvalue weighted by Crippen LogP contribution is 1.79. The first-order valence-corrected chi connectivity index (χ1v) is 2.90. The van der Waals surface area contributed by atoms with Crippen LogP contribution in [-0.2, 0) is 9.59 Å². The second-order valence-corrected chi connectivity index (χ2v) is 1.84. The number of aliphatic hydroxyl groups is 1. The lowest BCUT2D eigenvalue weighted by atomic mass is 10.4. The van der Waals surface area contributed by atoms with Crippen LogP contribution in [0.1, 0.15) is 6.42 Å². The van der Waals surface area contributed by atoms with Crippen molar-refractivity contribution in [3.63, 3.8) is 0 Å². The van der Waals surface area contributed by atoms with Crippen LogP contribution in [0.15, 0.2) is 0 Å². The van der Waals surface area contributed by atoms with Crippen molar-refractivity contribution in [2.45, 2.75) is 12.6 Å². The molecule has 0 aliphatic heterocycles. The second-order valence-electron chi connectivity index (χ2n) is 1.84. The van der Waals surface area contributed by atoms with E-state index in [2.05, 4.69) is 5.32 Å². The molecule has 11 heavy (non-hydrogen) atoms. The minimum Gasteiger partial charge on any atom is -0.481 e. The van der Waals surface area contributed by atoms with Crippen LogP contribution in [-0.4, -0.2) is 40.0 Å². The molecule has 4 N–H and O–H groups in total. The quantitative estimate of drug-likeness (QED) is 0.366. The van der Waals surface area contributed by atoms with Gasteiger partial charge in [0.05, 0.1) is 6.42 Å². The van der Waals surface area contributed by atoms with Crippen LogP contribution >= 0.6 is 0 Å². The van der Waals surface area contributed by atoms with E-state index in [4.69, 9.17) is 15.3 Å². The van der Waals surface area contributed by atoms with Crippen molar-refractivity contribution >= 4 is 11.9 Å². The highest BCUT2D eigenvalue weighted by molar-refractivity contribution is 5.71. The first kappa shape index (κ1) is 9.86. The van der Waals surface area contributed by atoms with Gasteiger partial charge in [-0.15, -0.1) is 0 Å². The standard InChI is InChI=1S/C5H9NO5/c7-3(8)1-2-6-4(9)5(10)11/h4,6,9H,1-2H2,(H,7,8)(H,10,11). The lowest BCUT2D eigenvalue weighted by molar-refractivity contribution is -0.149. The van der Waals surface area contributed by atoms with Crippen LogP contribution in [0.3, 0.4) is 0 Å². The highest BCUT2D eigenvalue weighted by Gasteiger charge is 2.11. The number of nitrogens with one attached hydrogen (secondary N) is 1. The van der Waals surface area contributed by atoms with Crippen LogP contribution in [0.25, 0.3) is 0 Å². The lowest BCUT2D eigenvalue weighted by Crippen LogP contribution is -2.37. The van der Waals surface area contributed by atoms with Crippen molar-refractivity contribution in [1.82, 2.24) is 5.32 Å². The van der Waals surface area contributed by atoms with Crippen LogP contribution in [0.5, 0.6) is 0 Å². The van der Waals surface area contributed by atoms with E-state index in [1.54, 1.807) is 0 Å². The van der Waals surface area contributed by atoms with E-state index in [-0.39, 0.29) is 13.0 Å². The first-order valence-electron chi connectivity index (χ1n) is 2.90. The molecule has 1 atom stereocenters. The largest absolute Gasteiger partial charge is 0.481 e. The molecule has 6 nitrogen and oxygen atoms in total. The van der Waals surface area contributed by atoms with Gasteiger partial charge in [-0.3, -0.25) is 10.1 Å². The predicted molar refractivity (Wildman–Crippen MR) is 33.9 cm³/mol. The molecule has 0 spiro atoms. The fourth-order valence-electron chi connectivity index (χ4n) is 0.403. The van der Waals surface area contributed by atoms with Gasteiger partial charge in [-0.05, 0) is 0 Å². The van der Waals surface area contributed by atoms with Crippen molar-refractivity contribution in [3.8, 4) is 0 Å². The van der Waals surface area contributed by atoms with E-state index < -0.39 is 18.2 Å². The number of rotatable bonds is 5.